The van der Waals surface area contributed by atoms with Crippen LogP contribution in [-0.4, -0.2) is 41.2 Å². The topological polar surface area (TPSA) is 54.5 Å². The number of likely N-dealkylation sites (tertiary alicyclic amines) is 1. The van der Waals surface area contributed by atoms with Crippen LogP contribution < -0.4 is 10.1 Å². The van der Waals surface area contributed by atoms with Gasteiger partial charge in [-0.3, -0.25) is 4.98 Å². The molecule has 1 fully saturated rings. The van der Waals surface area contributed by atoms with Gasteiger partial charge in [0.2, 0.25) is 0 Å². The number of aromatic nitrogens is 1. The molecule has 1 aliphatic rings. The van der Waals surface area contributed by atoms with Crippen molar-refractivity contribution in [1.29, 1.82) is 0 Å². The molecule has 0 unspecified atom stereocenters. The second-order valence-corrected chi connectivity index (χ2v) is 6.63. The van der Waals surface area contributed by atoms with Crippen molar-refractivity contribution in [3.05, 3.63) is 46.9 Å². The Morgan fingerprint density at radius 2 is 2.48 bits per heavy atom. The number of carbonyl (C=O) groups excluding carboxylic acids is 1. The molecule has 2 amide bonds. The zero-order valence-electron chi connectivity index (χ0n) is 13.1. The number of amides is 2. The SMILES string of the molecule is C[C@@H](Cc1ccsc1)NC(=O)N1CC[C@@H](Oc2cccnc2)C1. The lowest BCUT2D eigenvalue weighted by Crippen LogP contribution is -2.44. The number of pyridine rings is 1. The highest BCUT2D eigenvalue weighted by Gasteiger charge is 2.28. The zero-order chi connectivity index (χ0) is 16.1. The van der Waals surface area contributed by atoms with Gasteiger partial charge in [0.1, 0.15) is 11.9 Å². The van der Waals surface area contributed by atoms with E-state index in [2.05, 4.69) is 27.1 Å². The Bertz CT molecular complexity index is 618. The molecular weight excluding hydrogens is 310 g/mol. The number of nitrogens with one attached hydrogen (secondary N) is 1. The molecule has 23 heavy (non-hydrogen) atoms. The Morgan fingerprint density at radius 3 is 3.22 bits per heavy atom. The normalized spacial score (nSPS) is 18.7. The van der Waals surface area contributed by atoms with Gasteiger partial charge in [-0.15, -0.1) is 0 Å². The van der Waals surface area contributed by atoms with Crippen molar-refractivity contribution in [2.24, 2.45) is 0 Å². The summed E-state index contributed by atoms with van der Waals surface area (Å²) in [5, 5.41) is 7.25. The quantitative estimate of drug-likeness (QED) is 0.916. The van der Waals surface area contributed by atoms with Crippen LogP contribution >= 0.6 is 11.3 Å². The van der Waals surface area contributed by atoms with E-state index in [0.29, 0.717) is 6.54 Å². The lowest BCUT2D eigenvalue weighted by Gasteiger charge is -2.21. The summed E-state index contributed by atoms with van der Waals surface area (Å²) in [5.74, 6) is 0.755. The first kappa shape index (κ1) is 15.8. The molecule has 0 radical (unpaired) electrons. The Balaban J connectivity index is 1.45. The predicted molar refractivity (Wildman–Crippen MR) is 90.9 cm³/mol. The van der Waals surface area contributed by atoms with Crippen molar-refractivity contribution in [3.8, 4) is 5.75 Å². The third-order valence-electron chi connectivity index (χ3n) is 3.86. The van der Waals surface area contributed by atoms with Gasteiger partial charge in [-0.2, -0.15) is 11.3 Å². The molecule has 1 saturated heterocycles. The molecule has 122 valence electrons. The minimum Gasteiger partial charge on any atom is -0.487 e. The maximum Gasteiger partial charge on any atom is 0.317 e. The van der Waals surface area contributed by atoms with Crippen LogP contribution in [0.3, 0.4) is 0 Å². The van der Waals surface area contributed by atoms with E-state index >= 15 is 0 Å². The molecule has 0 bridgehead atoms. The zero-order valence-corrected chi connectivity index (χ0v) is 14.0. The number of ether oxygens (including phenoxy) is 1. The van der Waals surface area contributed by atoms with E-state index in [-0.39, 0.29) is 18.2 Å². The molecule has 2 atom stereocenters. The number of rotatable bonds is 5. The average Bonchev–Trinajstić information content (AvgIpc) is 3.20. The molecule has 2 aromatic rings. The van der Waals surface area contributed by atoms with Gasteiger partial charge < -0.3 is 15.0 Å². The smallest absolute Gasteiger partial charge is 0.317 e. The molecular formula is C17H21N3O2S. The highest BCUT2D eigenvalue weighted by molar-refractivity contribution is 7.07. The summed E-state index contributed by atoms with van der Waals surface area (Å²) >= 11 is 1.68. The Kier molecular flexibility index (Phi) is 5.12. The van der Waals surface area contributed by atoms with Gasteiger partial charge in [0.05, 0.1) is 12.7 Å². The molecule has 3 heterocycles. The Morgan fingerprint density at radius 1 is 1.57 bits per heavy atom. The minimum absolute atomic E-state index is 0.00924. The van der Waals surface area contributed by atoms with Crippen LogP contribution in [0.25, 0.3) is 0 Å². The van der Waals surface area contributed by atoms with E-state index in [9.17, 15) is 4.79 Å². The number of nitrogens with zero attached hydrogens (tertiary/aromatic N) is 2. The fourth-order valence-corrected chi connectivity index (χ4v) is 3.42. The van der Waals surface area contributed by atoms with Crippen LogP contribution in [0.1, 0.15) is 18.9 Å². The van der Waals surface area contributed by atoms with Gasteiger partial charge in [-0.25, -0.2) is 4.79 Å². The van der Waals surface area contributed by atoms with E-state index in [4.69, 9.17) is 4.74 Å². The third-order valence-corrected chi connectivity index (χ3v) is 4.59. The number of hydrogen-bond donors (Lipinski definition) is 1. The van der Waals surface area contributed by atoms with Gasteiger partial charge in [0, 0.05) is 25.2 Å². The van der Waals surface area contributed by atoms with Crippen molar-refractivity contribution in [1.82, 2.24) is 15.2 Å². The first-order chi connectivity index (χ1) is 11.2. The molecule has 2 aromatic heterocycles. The fraction of sp³-hybridized carbons (Fsp3) is 0.412. The van der Waals surface area contributed by atoms with Crippen LogP contribution in [-0.2, 0) is 6.42 Å². The van der Waals surface area contributed by atoms with Crippen LogP contribution in [0.15, 0.2) is 41.4 Å². The summed E-state index contributed by atoms with van der Waals surface area (Å²) in [5.41, 5.74) is 1.27. The summed E-state index contributed by atoms with van der Waals surface area (Å²) in [6.07, 6.45) is 5.17. The fourth-order valence-electron chi connectivity index (χ4n) is 2.73. The van der Waals surface area contributed by atoms with Crippen molar-refractivity contribution >= 4 is 17.4 Å². The second kappa shape index (κ2) is 7.46. The molecule has 1 aliphatic heterocycles. The van der Waals surface area contributed by atoms with Gasteiger partial charge in [0.15, 0.2) is 0 Å². The van der Waals surface area contributed by atoms with Crippen molar-refractivity contribution in [2.75, 3.05) is 13.1 Å². The van der Waals surface area contributed by atoms with Crippen molar-refractivity contribution in [2.45, 2.75) is 31.9 Å². The summed E-state index contributed by atoms with van der Waals surface area (Å²) in [7, 11) is 0. The molecule has 0 spiro atoms. The highest BCUT2D eigenvalue weighted by atomic mass is 32.1. The van der Waals surface area contributed by atoms with E-state index in [0.717, 1.165) is 25.1 Å². The number of thiophene rings is 1. The number of urea groups is 1. The minimum atomic E-state index is -0.00924. The third kappa shape index (κ3) is 4.45. The second-order valence-electron chi connectivity index (χ2n) is 5.85. The lowest BCUT2D eigenvalue weighted by molar-refractivity contribution is 0.184. The summed E-state index contributed by atoms with van der Waals surface area (Å²) in [6, 6.07) is 5.95. The number of carbonyl (C=O) groups is 1. The van der Waals surface area contributed by atoms with Crippen molar-refractivity contribution in [3.63, 3.8) is 0 Å². The Hall–Kier alpha value is -2.08. The van der Waals surface area contributed by atoms with E-state index in [1.165, 1.54) is 5.56 Å². The van der Waals surface area contributed by atoms with Crippen LogP contribution in [0.4, 0.5) is 4.79 Å². The van der Waals surface area contributed by atoms with Gasteiger partial charge >= 0.3 is 6.03 Å². The lowest BCUT2D eigenvalue weighted by atomic mass is 10.1. The van der Waals surface area contributed by atoms with E-state index in [1.54, 1.807) is 23.7 Å². The maximum absolute atomic E-state index is 12.3. The van der Waals surface area contributed by atoms with E-state index in [1.807, 2.05) is 24.0 Å². The molecule has 3 rings (SSSR count). The largest absolute Gasteiger partial charge is 0.487 e. The molecule has 5 nitrogen and oxygen atoms in total. The summed E-state index contributed by atoms with van der Waals surface area (Å²) in [6.45, 7) is 3.38. The number of hydrogen-bond acceptors (Lipinski definition) is 4. The molecule has 0 saturated carbocycles. The average molecular weight is 331 g/mol. The summed E-state index contributed by atoms with van der Waals surface area (Å²) in [4.78, 5) is 18.2. The van der Waals surface area contributed by atoms with Gasteiger partial charge in [0.25, 0.3) is 0 Å². The van der Waals surface area contributed by atoms with Gasteiger partial charge in [-0.05, 0) is 47.9 Å². The van der Waals surface area contributed by atoms with Crippen LogP contribution in [0.2, 0.25) is 0 Å². The standard InChI is InChI=1S/C17H21N3O2S/c1-13(9-14-5-8-23-12-14)19-17(21)20-7-4-16(11-20)22-15-3-2-6-18-10-15/h2-3,5-6,8,10,12-13,16H,4,7,9,11H2,1H3,(H,19,21)/t13-,16+/m0/s1. The monoisotopic (exact) mass is 331 g/mol. The summed E-state index contributed by atoms with van der Waals surface area (Å²) < 4.78 is 5.86. The first-order valence-corrected chi connectivity index (χ1v) is 8.78. The molecule has 1 N–H and O–H groups in total. The van der Waals surface area contributed by atoms with Crippen LogP contribution in [0.5, 0.6) is 5.75 Å². The molecule has 0 aromatic carbocycles. The predicted octanol–water partition coefficient (Wildman–Crippen LogP) is 2.94. The first-order valence-electron chi connectivity index (χ1n) is 7.84. The highest BCUT2D eigenvalue weighted by Crippen LogP contribution is 2.17. The van der Waals surface area contributed by atoms with E-state index < -0.39 is 0 Å². The van der Waals surface area contributed by atoms with Crippen molar-refractivity contribution < 1.29 is 9.53 Å². The maximum atomic E-state index is 12.3. The Labute approximate surface area is 140 Å². The molecule has 6 heteroatoms. The van der Waals surface area contributed by atoms with Crippen LogP contribution in [0, 0.1) is 0 Å². The van der Waals surface area contributed by atoms with Gasteiger partial charge in [-0.1, -0.05) is 0 Å². The molecule has 0 aliphatic carbocycles.